The fraction of sp³-hybridized carbons (Fsp3) is 0.211. The molecule has 0 spiro atoms. The van der Waals surface area contributed by atoms with Crippen molar-refractivity contribution in [3.8, 4) is 0 Å². The molecule has 0 aromatic heterocycles. The lowest BCUT2D eigenvalue weighted by Crippen LogP contribution is -2.44. The lowest BCUT2D eigenvalue weighted by Gasteiger charge is -2.28. The van der Waals surface area contributed by atoms with E-state index in [9.17, 15) is 34.2 Å². The number of allylic oxidation sites excluding steroid dienone is 3. The third-order valence-electron chi connectivity index (χ3n) is 4.33. The molecule has 0 amide bonds. The normalized spacial score (nSPS) is 14.9. The van der Waals surface area contributed by atoms with Crippen LogP contribution in [-0.4, -0.2) is 54.1 Å². The van der Waals surface area contributed by atoms with Gasteiger partial charge >= 0.3 is 23.9 Å². The Balaban J connectivity index is 2.52. The van der Waals surface area contributed by atoms with Gasteiger partial charge in [0.2, 0.25) is 0 Å². The smallest absolute Gasteiger partial charge is 0.337 e. The maximum Gasteiger partial charge on any atom is 0.337 e. The van der Waals surface area contributed by atoms with Gasteiger partial charge in [-0.3, -0.25) is 14.4 Å². The summed E-state index contributed by atoms with van der Waals surface area (Å²) < 4.78 is 9.10. The summed E-state index contributed by atoms with van der Waals surface area (Å²) in [6.45, 7) is 0. The summed E-state index contributed by atoms with van der Waals surface area (Å²) in [5.41, 5.74) is -3.14. The van der Waals surface area contributed by atoms with E-state index in [2.05, 4.69) is 9.47 Å². The third kappa shape index (κ3) is 3.41. The average Bonchev–Trinajstić information content (AvgIpc) is 2.71. The minimum absolute atomic E-state index is 0.0766. The summed E-state index contributed by atoms with van der Waals surface area (Å²) in [4.78, 5) is 59.8. The largest absolute Gasteiger partial charge is 0.480 e. The van der Waals surface area contributed by atoms with Gasteiger partial charge in [-0.15, -0.1) is 0 Å². The Morgan fingerprint density at radius 3 is 2.04 bits per heavy atom. The molecule has 0 atom stereocenters. The molecule has 28 heavy (non-hydrogen) atoms. The Hall–Kier alpha value is -3.75. The quantitative estimate of drug-likeness (QED) is 0.418. The Kier molecular flexibility index (Phi) is 5.78. The molecule has 0 bridgehead atoms. The molecule has 9 heteroatoms. The third-order valence-corrected chi connectivity index (χ3v) is 4.33. The van der Waals surface area contributed by atoms with Gasteiger partial charge in [0.15, 0.2) is 11.2 Å². The van der Waals surface area contributed by atoms with E-state index in [0.717, 1.165) is 19.3 Å². The van der Waals surface area contributed by atoms with Crippen LogP contribution in [0.2, 0.25) is 0 Å². The molecule has 0 saturated carbocycles. The van der Waals surface area contributed by atoms with Crippen LogP contribution in [0.5, 0.6) is 0 Å². The molecule has 2 N–H and O–H groups in total. The van der Waals surface area contributed by atoms with Crippen molar-refractivity contribution in [2.75, 3.05) is 14.2 Å². The first-order chi connectivity index (χ1) is 13.2. The second-order valence-electron chi connectivity index (χ2n) is 5.83. The first-order valence-electron chi connectivity index (χ1n) is 7.89. The summed E-state index contributed by atoms with van der Waals surface area (Å²) in [7, 11) is 2.15. The molecule has 2 rings (SSSR count). The molecule has 0 heterocycles. The first-order valence-corrected chi connectivity index (χ1v) is 7.89. The standard InChI is InChI=1S/C19H16O9/c1-27-15(21)12-5-3-4-10(8-12)14(20)11-6-7-19(17(23)24,18(25)26)13(9-11)16(22)28-2/h3-6,8-9H,7H2,1-2H3,(H,23,24)(H,25,26). The van der Waals surface area contributed by atoms with Gasteiger partial charge in [-0.2, -0.15) is 0 Å². The van der Waals surface area contributed by atoms with Crippen LogP contribution < -0.4 is 0 Å². The summed E-state index contributed by atoms with van der Waals surface area (Å²) in [5, 5.41) is 18.9. The second kappa shape index (κ2) is 7.87. The van der Waals surface area contributed by atoms with Crippen molar-refractivity contribution in [1.82, 2.24) is 0 Å². The van der Waals surface area contributed by atoms with Crippen molar-refractivity contribution < 1.29 is 43.7 Å². The van der Waals surface area contributed by atoms with E-state index < -0.39 is 47.1 Å². The predicted octanol–water partition coefficient (Wildman–Crippen LogP) is 1.24. The highest BCUT2D eigenvalue weighted by molar-refractivity contribution is 6.16. The van der Waals surface area contributed by atoms with Crippen LogP contribution in [0.15, 0.2) is 47.6 Å². The monoisotopic (exact) mass is 388 g/mol. The molecular weight excluding hydrogens is 372 g/mol. The molecule has 0 saturated heterocycles. The van der Waals surface area contributed by atoms with Gasteiger partial charge in [0.05, 0.1) is 25.4 Å². The SMILES string of the molecule is COC(=O)C1=CC(C(=O)c2cccc(C(=O)OC)c2)=CCC1(C(=O)O)C(=O)O. The van der Waals surface area contributed by atoms with Crippen molar-refractivity contribution in [3.05, 3.63) is 58.7 Å². The van der Waals surface area contributed by atoms with Gasteiger partial charge < -0.3 is 19.7 Å². The summed E-state index contributed by atoms with van der Waals surface area (Å²) in [6.07, 6.45) is 1.39. The Morgan fingerprint density at radius 2 is 1.50 bits per heavy atom. The van der Waals surface area contributed by atoms with E-state index in [4.69, 9.17) is 0 Å². The van der Waals surface area contributed by atoms with Crippen molar-refractivity contribution in [2.24, 2.45) is 5.41 Å². The zero-order chi connectivity index (χ0) is 21.1. The van der Waals surface area contributed by atoms with Crippen LogP contribution in [0.25, 0.3) is 0 Å². The number of benzene rings is 1. The number of carboxylic acids is 2. The van der Waals surface area contributed by atoms with Gasteiger partial charge in [-0.05, 0) is 24.6 Å². The van der Waals surface area contributed by atoms with E-state index in [1.807, 2.05) is 0 Å². The Bertz CT molecular complexity index is 922. The van der Waals surface area contributed by atoms with Crippen LogP contribution >= 0.6 is 0 Å². The second-order valence-corrected chi connectivity index (χ2v) is 5.83. The molecular formula is C19H16O9. The zero-order valence-electron chi connectivity index (χ0n) is 14.9. The summed E-state index contributed by atoms with van der Waals surface area (Å²) >= 11 is 0. The number of hydrogen-bond acceptors (Lipinski definition) is 7. The Labute approximate surface area is 158 Å². The Morgan fingerprint density at radius 1 is 0.929 bits per heavy atom. The topological polar surface area (TPSA) is 144 Å². The molecule has 0 fully saturated rings. The fourth-order valence-electron chi connectivity index (χ4n) is 2.78. The minimum atomic E-state index is -2.56. The minimum Gasteiger partial charge on any atom is -0.480 e. The molecule has 9 nitrogen and oxygen atoms in total. The number of hydrogen-bond donors (Lipinski definition) is 2. The lowest BCUT2D eigenvalue weighted by molar-refractivity contribution is -0.164. The zero-order valence-corrected chi connectivity index (χ0v) is 14.9. The number of carbonyl (C=O) groups is 5. The van der Waals surface area contributed by atoms with Gasteiger partial charge in [-0.1, -0.05) is 18.2 Å². The fourth-order valence-corrected chi connectivity index (χ4v) is 2.78. The van der Waals surface area contributed by atoms with Crippen molar-refractivity contribution >= 4 is 29.7 Å². The van der Waals surface area contributed by atoms with Crippen LogP contribution in [-0.2, 0) is 23.9 Å². The van der Waals surface area contributed by atoms with Crippen molar-refractivity contribution in [3.63, 3.8) is 0 Å². The summed E-state index contributed by atoms with van der Waals surface area (Å²) in [6, 6.07) is 5.58. The van der Waals surface area contributed by atoms with Gasteiger partial charge in [0.25, 0.3) is 0 Å². The molecule has 1 aromatic carbocycles. The van der Waals surface area contributed by atoms with Crippen LogP contribution in [0.3, 0.4) is 0 Å². The summed E-state index contributed by atoms with van der Waals surface area (Å²) in [5.74, 6) is -5.98. The van der Waals surface area contributed by atoms with E-state index >= 15 is 0 Å². The number of carbonyl (C=O) groups excluding carboxylic acids is 3. The number of aliphatic carboxylic acids is 2. The molecule has 0 aliphatic heterocycles. The average molecular weight is 388 g/mol. The van der Waals surface area contributed by atoms with E-state index in [1.165, 1.54) is 31.4 Å². The highest BCUT2D eigenvalue weighted by Crippen LogP contribution is 2.39. The predicted molar refractivity (Wildman–Crippen MR) is 92.6 cm³/mol. The molecule has 1 aliphatic carbocycles. The number of methoxy groups -OCH3 is 2. The maximum absolute atomic E-state index is 12.8. The van der Waals surface area contributed by atoms with E-state index in [0.29, 0.717) is 0 Å². The van der Waals surface area contributed by atoms with Gasteiger partial charge in [-0.25, -0.2) is 9.59 Å². The number of esters is 2. The van der Waals surface area contributed by atoms with Crippen molar-refractivity contribution in [1.29, 1.82) is 0 Å². The molecule has 1 aromatic rings. The number of rotatable bonds is 6. The van der Waals surface area contributed by atoms with Gasteiger partial charge in [0.1, 0.15) is 0 Å². The van der Waals surface area contributed by atoms with Crippen molar-refractivity contribution in [2.45, 2.75) is 6.42 Å². The molecule has 1 aliphatic rings. The van der Waals surface area contributed by atoms with Crippen LogP contribution in [0.1, 0.15) is 27.1 Å². The van der Waals surface area contributed by atoms with E-state index in [1.54, 1.807) is 0 Å². The van der Waals surface area contributed by atoms with E-state index in [-0.39, 0.29) is 16.7 Å². The van der Waals surface area contributed by atoms with Gasteiger partial charge in [0, 0.05) is 11.1 Å². The first kappa shape index (κ1) is 20.6. The van der Waals surface area contributed by atoms with Crippen LogP contribution in [0.4, 0.5) is 0 Å². The van der Waals surface area contributed by atoms with Crippen LogP contribution in [0, 0.1) is 5.41 Å². The highest BCUT2D eigenvalue weighted by atomic mass is 16.5. The molecule has 0 radical (unpaired) electrons. The number of carboxylic acid groups (broad SMARTS) is 2. The number of ketones is 1. The molecule has 0 unspecified atom stereocenters. The molecule has 146 valence electrons. The maximum atomic E-state index is 12.8. The highest BCUT2D eigenvalue weighted by Gasteiger charge is 2.54. The number of ether oxygens (including phenoxy) is 2. The number of Topliss-reactive ketones (excluding diaryl/α,β-unsaturated/α-hetero) is 1. The lowest BCUT2D eigenvalue weighted by atomic mass is 9.72.